The number of hydrogen-bond donors (Lipinski definition) is 0. The highest BCUT2D eigenvalue weighted by Gasteiger charge is 2.40. The topological polar surface area (TPSA) is 90.9 Å². The summed E-state index contributed by atoms with van der Waals surface area (Å²) < 4.78 is 0. The summed E-state index contributed by atoms with van der Waals surface area (Å²) in [5.41, 5.74) is 1.20. The molecule has 3 amide bonds. The molecule has 1 aromatic heterocycles. The van der Waals surface area contributed by atoms with Crippen LogP contribution in [0.3, 0.4) is 0 Å². The van der Waals surface area contributed by atoms with E-state index in [0.29, 0.717) is 5.57 Å². The molecule has 2 heterocycles. The van der Waals surface area contributed by atoms with Crippen molar-refractivity contribution >= 4 is 46.0 Å². The number of carbonyl (C=O) groups is 4. The molecule has 0 atom stereocenters. The molecule has 9 heteroatoms. The van der Waals surface area contributed by atoms with E-state index in [1.807, 2.05) is 6.92 Å². The Labute approximate surface area is 199 Å². The van der Waals surface area contributed by atoms with Gasteiger partial charge in [-0.05, 0) is 45.3 Å². The van der Waals surface area contributed by atoms with Crippen molar-refractivity contribution in [1.82, 2.24) is 15.0 Å². The van der Waals surface area contributed by atoms with Gasteiger partial charge in [0.25, 0.3) is 11.8 Å². The van der Waals surface area contributed by atoms with Crippen LogP contribution in [0.25, 0.3) is 6.08 Å². The lowest BCUT2D eigenvalue weighted by molar-refractivity contribution is -0.166. The minimum atomic E-state index is -0.785. The molecule has 1 aliphatic heterocycles. The molecule has 0 aromatic carbocycles. The van der Waals surface area contributed by atoms with E-state index < -0.39 is 23.5 Å². The van der Waals surface area contributed by atoms with E-state index in [1.54, 1.807) is 13.0 Å². The lowest BCUT2D eigenvalue weighted by Gasteiger charge is -2.34. The summed E-state index contributed by atoms with van der Waals surface area (Å²) in [7, 11) is 1.34. The van der Waals surface area contributed by atoms with Gasteiger partial charge in [-0.2, -0.15) is 5.01 Å². The zero-order chi connectivity index (χ0) is 24.9. The van der Waals surface area contributed by atoms with E-state index in [4.69, 9.17) is 4.98 Å². The normalized spacial score (nSPS) is 15.5. The fourth-order valence-electron chi connectivity index (χ4n) is 3.56. The lowest BCUT2D eigenvalue weighted by atomic mass is 9.93. The second-order valence-corrected chi connectivity index (χ2v) is 9.23. The average Bonchev–Trinajstić information content (AvgIpc) is 3.10. The van der Waals surface area contributed by atoms with Crippen LogP contribution < -0.4 is 4.90 Å². The lowest BCUT2D eigenvalue weighted by Crippen LogP contribution is -2.54. The van der Waals surface area contributed by atoms with E-state index in [-0.39, 0.29) is 11.1 Å². The average molecular weight is 475 g/mol. The highest BCUT2D eigenvalue weighted by molar-refractivity contribution is 7.16. The van der Waals surface area contributed by atoms with Crippen LogP contribution >= 0.6 is 11.3 Å². The Morgan fingerprint density at radius 3 is 2.09 bits per heavy atom. The van der Waals surface area contributed by atoms with Crippen molar-refractivity contribution in [2.75, 3.05) is 25.0 Å². The molecule has 0 aliphatic carbocycles. The van der Waals surface area contributed by atoms with Gasteiger partial charge in [-0.15, -0.1) is 0 Å². The van der Waals surface area contributed by atoms with Crippen molar-refractivity contribution in [2.45, 2.75) is 67.2 Å². The number of hydrazine groups is 1. The molecule has 1 aliphatic rings. The molecular formula is C24H34N4O4S. The van der Waals surface area contributed by atoms with E-state index in [1.165, 1.54) is 32.2 Å². The number of Topliss-reactive ketones (excluding diaryl/α,β-unsaturated/α-hetero) is 1. The third-order valence-corrected chi connectivity index (χ3v) is 6.81. The predicted octanol–water partition coefficient (Wildman–Crippen LogP) is 3.91. The Morgan fingerprint density at radius 1 is 1.03 bits per heavy atom. The number of ketones is 1. The molecule has 33 heavy (non-hydrogen) atoms. The van der Waals surface area contributed by atoms with Crippen molar-refractivity contribution in [2.24, 2.45) is 0 Å². The van der Waals surface area contributed by atoms with Crippen LogP contribution in [0.4, 0.5) is 5.13 Å². The van der Waals surface area contributed by atoms with E-state index in [9.17, 15) is 19.2 Å². The smallest absolute Gasteiger partial charge is 0.283 e. The fraction of sp³-hybridized carbons (Fsp3) is 0.542. The summed E-state index contributed by atoms with van der Waals surface area (Å²) in [5, 5.41) is 2.58. The first-order chi connectivity index (χ1) is 15.5. The molecule has 0 fully saturated rings. The van der Waals surface area contributed by atoms with Crippen LogP contribution in [-0.2, 0) is 19.2 Å². The van der Waals surface area contributed by atoms with E-state index >= 15 is 0 Å². The van der Waals surface area contributed by atoms with Crippen LogP contribution in [0.1, 0.15) is 70.9 Å². The second kappa shape index (κ2) is 11.4. The van der Waals surface area contributed by atoms with Crippen molar-refractivity contribution in [1.29, 1.82) is 0 Å². The summed E-state index contributed by atoms with van der Waals surface area (Å²) in [4.78, 5) is 58.1. The number of nitrogens with zero attached hydrogens (tertiary/aromatic N) is 4. The van der Waals surface area contributed by atoms with Crippen molar-refractivity contribution in [3.05, 3.63) is 27.3 Å². The SMILES string of the molecule is CCCCN(CCCC)c1nc(C)c(C=C2C(=O)N(N(C)C(C)=O)C(=O)C(C(C)=O)=C2C)s1. The Bertz CT molecular complexity index is 1000. The van der Waals surface area contributed by atoms with Crippen LogP contribution in [0, 0.1) is 6.92 Å². The molecule has 0 N–H and O–H groups in total. The van der Waals surface area contributed by atoms with E-state index in [0.717, 1.165) is 64.5 Å². The Hall–Kier alpha value is -2.81. The maximum atomic E-state index is 13.3. The highest BCUT2D eigenvalue weighted by atomic mass is 32.1. The quantitative estimate of drug-likeness (QED) is 0.290. The third kappa shape index (κ3) is 5.76. The van der Waals surface area contributed by atoms with Crippen LogP contribution in [-0.4, -0.2) is 58.6 Å². The van der Waals surface area contributed by atoms with Gasteiger partial charge < -0.3 is 4.90 Å². The number of hydrogen-bond acceptors (Lipinski definition) is 7. The van der Waals surface area contributed by atoms with E-state index in [2.05, 4.69) is 18.7 Å². The van der Waals surface area contributed by atoms with Gasteiger partial charge in [0.2, 0.25) is 5.91 Å². The minimum absolute atomic E-state index is 0.0936. The molecular weight excluding hydrogens is 440 g/mol. The maximum Gasteiger partial charge on any atom is 0.283 e. The number of amides is 3. The zero-order valence-corrected chi connectivity index (χ0v) is 21.5. The highest BCUT2D eigenvalue weighted by Crippen LogP contribution is 2.33. The molecule has 1 aromatic rings. The van der Waals surface area contributed by atoms with Gasteiger partial charge >= 0.3 is 0 Å². The van der Waals surface area contributed by atoms with Crippen LogP contribution in [0.15, 0.2) is 16.7 Å². The third-order valence-electron chi connectivity index (χ3n) is 5.65. The Balaban J connectivity index is 2.57. The summed E-state index contributed by atoms with van der Waals surface area (Å²) in [6.07, 6.45) is 5.99. The molecule has 0 saturated heterocycles. The standard InChI is InChI=1S/C24H34N4O4S/c1-8-10-12-27(13-11-9-2)24-25-16(4)20(33-24)14-19-15(3)21(17(5)29)23(32)28(22(19)31)26(7)18(6)30/h14H,8-13H2,1-7H3. The predicted molar refractivity (Wildman–Crippen MR) is 131 cm³/mol. The molecule has 0 bridgehead atoms. The first kappa shape index (κ1) is 26.4. The van der Waals surface area contributed by atoms with Crippen LogP contribution in [0.5, 0.6) is 0 Å². The van der Waals surface area contributed by atoms with Crippen molar-refractivity contribution in [3.63, 3.8) is 0 Å². The molecule has 180 valence electrons. The molecule has 0 saturated carbocycles. The van der Waals surface area contributed by atoms with Gasteiger partial charge in [0.15, 0.2) is 10.9 Å². The largest absolute Gasteiger partial charge is 0.348 e. The zero-order valence-electron chi connectivity index (χ0n) is 20.7. The maximum absolute atomic E-state index is 13.3. The van der Waals surface area contributed by atoms with Gasteiger partial charge in [0.1, 0.15) is 0 Å². The van der Waals surface area contributed by atoms with Crippen molar-refractivity contribution < 1.29 is 19.2 Å². The van der Waals surface area contributed by atoms with Gasteiger partial charge in [-0.1, -0.05) is 38.0 Å². The second-order valence-electron chi connectivity index (χ2n) is 8.22. The summed E-state index contributed by atoms with van der Waals surface area (Å²) in [5.74, 6) is -2.36. The number of rotatable bonds is 10. The molecule has 2 rings (SSSR count). The van der Waals surface area contributed by atoms with Crippen molar-refractivity contribution in [3.8, 4) is 0 Å². The number of aromatic nitrogens is 1. The number of thiazole rings is 1. The first-order valence-corrected chi connectivity index (χ1v) is 12.2. The summed E-state index contributed by atoms with van der Waals surface area (Å²) in [6, 6.07) is 0. The summed E-state index contributed by atoms with van der Waals surface area (Å²) >= 11 is 1.49. The number of aryl methyl sites for hydroxylation is 1. The monoisotopic (exact) mass is 474 g/mol. The molecule has 0 radical (unpaired) electrons. The summed E-state index contributed by atoms with van der Waals surface area (Å²) in [6.45, 7) is 12.2. The molecule has 8 nitrogen and oxygen atoms in total. The number of anilines is 1. The number of carbonyl (C=O) groups excluding carboxylic acids is 4. The number of unbranched alkanes of at least 4 members (excludes halogenated alkanes) is 2. The Morgan fingerprint density at radius 2 is 1.61 bits per heavy atom. The van der Waals surface area contributed by atoms with Gasteiger partial charge in [-0.3, -0.25) is 19.2 Å². The minimum Gasteiger partial charge on any atom is -0.348 e. The Kier molecular flexibility index (Phi) is 9.10. The molecule has 0 unspecified atom stereocenters. The van der Waals surface area contributed by atoms with Gasteiger partial charge in [0.05, 0.1) is 16.1 Å². The fourth-order valence-corrected chi connectivity index (χ4v) is 4.62. The first-order valence-electron chi connectivity index (χ1n) is 11.3. The number of imide groups is 1. The molecule has 0 spiro atoms. The van der Waals surface area contributed by atoms with Crippen LogP contribution in [0.2, 0.25) is 0 Å². The van der Waals surface area contributed by atoms with Gasteiger partial charge in [-0.25, -0.2) is 9.99 Å². The van der Waals surface area contributed by atoms with Gasteiger partial charge in [0, 0.05) is 32.6 Å².